The maximum atomic E-state index is 10.6. The Morgan fingerprint density at radius 2 is 1.75 bits per heavy atom. The highest BCUT2D eigenvalue weighted by atomic mass is 16.3. The second-order valence-electron chi connectivity index (χ2n) is 5.88. The third-order valence-corrected chi connectivity index (χ3v) is 4.23. The predicted molar refractivity (Wildman–Crippen MR) is 82.9 cm³/mol. The highest BCUT2D eigenvalue weighted by molar-refractivity contribution is 5.80. The third kappa shape index (κ3) is 3.10. The Kier molecular flexibility index (Phi) is 3.88. The fourth-order valence-electron chi connectivity index (χ4n) is 2.98. The van der Waals surface area contributed by atoms with Crippen molar-refractivity contribution in [2.24, 2.45) is 0 Å². The summed E-state index contributed by atoms with van der Waals surface area (Å²) in [4.78, 5) is 4.59. The number of nitrogens with zero attached hydrogens (tertiary/aromatic N) is 1. The molecular weight excluding hydrogens is 248 g/mol. The van der Waals surface area contributed by atoms with E-state index < -0.39 is 5.60 Å². The quantitative estimate of drug-likeness (QED) is 0.835. The molecule has 0 radical (unpaired) electrons. The van der Waals surface area contributed by atoms with Gasteiger partial charge >= 0.3 is 0 Å². The van der Waals surface area contributed by atoms with Gasteiger partial charge in [0.15, 0.2) is 0 Å². The monoisotopic (exact) mass is 270 g/mol. The molecular formula is C17H22N2O. The lowest BCUT2D eigenvalue weighted by molar-refractivity contribution is 0.0380. The van der Waals surface area contributed by atoms with Gasteiger partial charge < -0.3 is 10.4 Å². The first-order valence-corrected chi connectivity index (χ1v) is 7.57. The van der Waals surface area contributed by atoms with E-state index in [1.54, 1.807) is 0 Å². The Morgan fingerprint density at radius 1 is 1.00 bits per heavy atom. The molecule has 1 aliphatic carbocycles. The van der Waals surface area contributed by atoms with Crippen molar-refractivity contribution in [2.75, 3.05) is 11.9 Å². The SMILES string of the molecule is OC1(CNc2ccc3ccccc3n2)CCCCCC1. The van der Waals surface area contributed by atoms with Gasteiger partial charge in [0.25, 0.3) is 0 Å². The lowest BCUT2D eigenvalue weighted by Gasteiger charge is -2.27. The van der Waals surface area contributed by atoms with Gasteiger partial charge in [-0.15, -0.1) is 0 Å². The molecule has 3 nitrogen and oxygen atoms in total. The number of aromatic nitrogens is 1. The standard InChI is InChI=1S/C17H22N2O/c20-17(11-5-1-2-6-12-17)13-18-16-10-9-14-7-3-4-8-15(14)19-16/h3-4,7-10,20H,1-2,5-6,11-13H2,(H,18,19). The predicted octanol–water partition coefficient (Wildman–Crippen LogP) is 3.73. The minimum absolute atomic E-state index is 0.566. The minimum atomic E-state index is -0.566. The molecule has 1 saturated carbocycles. The smallest absolute Gasteiger partial charge is 0.126 e. The van der Waals surface area contributed by atoms with Gasteiger partial charge in [-0.2, -0.15) is 0 Å². The Balaban J connectivity index is 1.69. The summed E-state index contributed by atoms with van der Waals surface area (Å²) in [6.45, 7) is 0.596. The van der Waals surface area contributed by atoms with Gasteiger partial charge in [0.05, 0.1) is 11.1 Å². The minimum Gasteiger partial charge on any atom is -0.388 e. The van der Waals surface area contributed by atoms with Gasteiger partial charge in [-0.25, -0.2) is 4.98 Å². The summed E-state index contributed by atoms with van der Waals surface area (Å²) in [5.41, 5.74) is 0.425. The molecule has 1 aliphatic rings. The molecule has 0 amide bonds. The molecule has 0 spiro atoms. The zero-order chi connectivity index (χ0) is 13.8. The lowest BCUT2D eigenvalue weighted by Crippen LogP contribution is -2.36. The molecule has 3 heteroatoms. The third-order valence-electron chi connectivity index (χ3n) is 4.23. The van der Waals surface area contributed by atoms with Crippen molar-refractivity contribution in [2.45, 2.75) is 44.1 Å². The van der Waals surface area contributed by atoms with E-state index in [2.05, 4.69) is 22.4 Å². The molecule has 0 unspecified atom stereocenters. The average molecular weight is 270 g/mol. The first kappa shape index (κ1) is 13.4. The highest BCUT2D eigenvalue weighted by Crippen LogP contribution is 2.27. The summed E-state index contributed by atoms with van der Waals surface area (Å²) in [7, 11) is 0. The molecule has 0 saturated heterocycles. The number of hydrogen-bond donors (Lipinski definition) is 2. The van der Waals surface area contributed by atoms with Crippen LogP contribution in [-0.2, 0) is 0 Å². The highest BCUT2D eigenvalue weighted by Gasteiger charge is 2.27. The molecule has 2 aromatic rings. The van der Waals surface area contributed by atoms with Crippen LogP contribution in [0.15, 0.2) is 36.4 Å². The molecule has 20 heavy (non-hydrogen) atoms. The number of benzene rings is 1. The summed E-state index contributed by atoms with van der Waals surface area (Å²) in [5, 5.41) is 15.1. The number of fused-ring (bicyclic) bond motifs is 1. The topological polar surface area (TPSA) is 45.1 Å². The second-order valence-corrected chi connectivity index (χ2v) is 5.88. The van der Waals surface area contributed by atoms with E-state index in [0.29, 0.717) is 6.54 Å². The van der Waals surface area contributed by atoms with Crippen LogP contribution in [0.5, 0.6) is 0 Å². The van der Waals surface area contributed by atoms with Crippen molar-refractivity contribution in [1.82, 2.24) is 4.98 Å². The molecule has 1 heterocycles. The van der Waals surface area contributed by atoms with Crippen molar-refractivity contribution in [3.8, 4) is 0 Å². The molecule has 1 aromatic carbocycles. The number of para-hydroxylation sites is 1. The van der Waals surface area contributed by atoms with Crippen LogP contribution in [0.4, 0.5) is 5.82 Å². The molecule has 0 aliphatic heterocycles. The van der Waals surface area contributed by atoms with E-state index in [9.17, 15) is 5.11 Å². The summed E-state index contributed by atoms with van der Waals surface area (Å²) in [6, 6.07) is 12.2. The largest absolute Gasteiger partial charge is 0.388 e. The Bertz CT molecular complexity index is 574. The summed E-state index contributed by atoms with van der Waals surface area (Å²) in [6.07, 6.45) is 6.54. The lowest BCUT2D eigenvalue weighted by atomic mass is 9.94. The van der Waals surface area contributed by atoms with Crippen molar-refractivity contribution in [3.63, 3.8) is 0 Å². The van der Waals surface area contributed by atoms with Gasteiger partial charge in [0.2, 0.25) is 0 Å². The maximum absolute atomic E-state index is 10.6. The molecule has 1 fully saturated rings. The zero-order valence-electron chi connectivity index (χ0n) is 11.8. The van der Waals surface area contributed by atoms with Gasteiger partial charge in [0.1, 0.15) is 5.82 Å². The first-order chi connectivity index (χ1) is 9.75. The first-order valence-electron chi connectivity index (χ1n) is 7.57. The van der Waals surface area contributed by atoms with Gasteiger partial charge in [-0.1, -0.05) is 43.9 Å². The van der Waals surface area contributed by atoms with E-state index >= 15 is 0 Å². The van der Waals surface area contributed by atoms with E-state index in [1.165, 1.54) is 12.8 Å². The molecule has 0 bridgehead atoms. The fraction of sp³-hybridized carbons (Fsp3) is 0.471. The summed E-state index contributed by atoms with van der Waals surface area (Å²) < 4.78 is 0. The van der Waals surface area contributed by atoms with Crippen LogP contribution in [0.25, 0.3) is 10.9 Å². The van der Waals surface area contributed by atoms with Crippen LogP contribution in [0, 0.1) is 0 Å². The van der Waals surface area contributed by atoms with Crippen molar-refractivity contribution in [1.29, 1.82) is 0 Å². The van der Waals surface area contributed by atoms with Crippen LogP contribution in [0.2, 0.25) is 0 Å². The molecule has 106 valence electrons. The van der Waals surface area contributed by atoms with Gasteiger partial charge in [-0.05, 0) is 31.0 Å². The van der Waals surface area contributed by atoms with Crippen molar-refractivity contribution < 1.29 is 5.11 Å². The van der Waals surface area contributed by atoms with Crippen LogP contribution in [0.1, 0.15) is 38.5 Å². The van der Waals surface area contributed by atoms with E-state index in [4.69, 9.17) is 0 Å². The van der Waals surface area contributed by atoms with Crippen LogP contribution < -0.4 is 5.32 Å². The maximum Gasteiger partial charge on any atom is 0.126 e. The molecule has 2 N–H and O–H groups in total. The van der Waals surface area contributed by atoms with Gasteiger partial charge in [-0.3, -0.25) is 0 Å². The normalized spacial score (nSPS) is 18.6. The van der Waals surface area contributed by atoms with E-state index in [0.717, 1.165) is 42.4 Å². The number of anilines is 1. The van der Waals surface area contributed by atoms with Crippen LogP contribution in [0.3, 0.4) is 0 Å². The fourth-order valence-corrected chi connectivity index (χ4v) is 2.98. The number of hydrogen-bond acceptors (Lipinski definition) is 3. The average Bonchev–Trinajstić information content (AvgIpc) is 2.70. The summed E-state index contributed by atoms with van der Waals surface area (Å²) in [5.74, 6) is 0.848. The Morgan fingerprint density at radius 3 is 2.55 bits per heavy atom. The number of aliphatic hydroxyl groups is 1. The zero-order valence-corrected chi connectivity index (χ0v) is 11.8. The van der Waals surface area contributed by atoms with E-state index in [1.807, 2.05) is 24.3 Å². The molecule has 1 aromatic heterocycles. The van der Waals surface area contributed by atoms with E-state index in [-0.39, 0.29) is 0 Å². The molecule has 3 rings (SSSR count). The van der Waals surface area contributed by atoms with Crippen LogP contribution in [-0.4, -0.2) is 22.2 Å². The second kappa shape index (κ2) is 5.80. The summed E-state index contributed by atoms with van der Waals surface area (Å²) >= 11 is 0. The van der Waals surface area contributed by atoms with Crippen LogP contribution >= 0.6 is 0 Å². The number of pyridine rings is 1. The van der Waals surface area contributed by atoms with Gasteiger partial charge in [0, 0.05) is 11.9 Å². The van der Waals surface area contributed by atoms with Crippen molar-refractivity contribution >= 4 is 16.7 Å². The number of nitrogens with one attached hydrogen (secondary N) is 1. The molecule has 0 atom stereocenters. The Labute approximate surface area is 120 Å². The van der Waals surface area contributed by atoms with Crippen molar-refractivity contribution in [3.05, 3.63) is 36.4 Å². The number of rotatable bonds is 3. The Hall–Kier alpha value is -1.61.